The summed E-state index contributed by atoms with van der Waals surface area (Å²) in [5, 5.41) is 16.8. The van der Waals surface area contributed by atoms with E-state index in [2.05, 4.69) is 15.1 Å². The van der Waals surface area contributed by atoms with Crippen LogP contribution in [0, 0.1) is 18.4 Å². The molecule has 1 N–H and O–H groups in total. The summed E-state index contributed by atoms with van der Waals surface area (Å²) >= 11 is 2.63. The van der Waals surface area contributed by atoms with E-state index in [1.165, 1.54) is 11.3 Å². The summed E-state index contributed by atoms with van der Waals surface area (Å²) in [5.41, 5.74) is 5.13. The van der Waals surface area contributed by atoms with Gasteiger partial charge in [0.05, 0.1) is 45.2 Å². The maximum atomic E-state index is 12.0. The minimum atomic E-state index is -4.68. The van der Waals surface area contributed by atoms with Gasteiger partial charge in [0.25, 0.3) is 5.69 Å². The summed E-state index contributed by atoms with van der Waals surface area (Å²) in [7, 11) is -8.23. The Morgan fingerprint density at radius 3 is 1.94 bits per heavy atom. The van der Waals surface area contributed by atoms with Crippen molar-refractivity contribution in [2.45, 2.75) is 23.6 Å². The first-order chi connectivity index (χ1) is 24.7. The van der Waals surface area contributed by atoms with Gasteiger partial charge in [0.2, 0.25) is 0 Å². The smallest absolute Gasteiger partial charge is 0.744 e. The van der Waals surface area contributed by atoms with E-state index in [1.54, 1.807) is 74.5 Å². The van der Waals surface area contributed by atoms with Crippen LogP contribution in [0.15, 0.2) is 111 Å². The summed E-state index contributed by atoms with van der Waals surface area (Å²) < 4.78 is 73.1. The number of benzene rings is 5. The van der Waals surface area contributed by atoms with Gasteiger partial charge in [-0.1, -0.05) is 12.1 Å². The van der Waals surface area contributed by atoms with Gasteiger partial charge >= 0.3 is 59.1 Å². The Morgan fingerprint density at radius 2 is 1.26 bits per heavy atom. The molecule has 5 aromatic carbocycles. The first-order valence-corrected chi connectivity index (χ1v) is 20.5. The van der Waals surface area contributed by atoms with Crippen molar-refractivity contribution in [2.24, 2.45) is 10.1 Å². The van der Waals surface area contributed by atoms with Crippen LogP contribution in [0.25, 0.3) is 41.6 Å². The third kappa shape index (κ3) is 7.84. The Kier molecular flexibility index (Phi) is 11.7. The number of aromatic nitrogens is 2. The van der Waals surface area contributed by atoms with E-state index in [4.69, 9.17) is 4.98 Å². The molecule has 0 radical (unpaired) electrons. The molecule has 3 heterocycles. The van der Waals surface area contributed by atoms with E-state index in [9.17, 15) is 31.1 Å². The number of hydrogen-bond donors (Lipinski definition) is 1. The summed E-state index contributed by atoms with van der Waals surface area (Å²) in [4.78, 5) is 14.7. The van der Waals surface area contributed by atoms with Gasteiger partial charge in [-0.3, -0.25) is 5.21 Å². The Labute approximate surface area is 364 Å². The minimum Gasteiger partial charge on any atom is -0.744 e. The average molecular weight is 831 g/mol. The summed E-state index contributed by atoms with van der Waals surface area (Å²) in [6, 6.07) is 26.1. The fraction of sp³-hybridized carbons (Fsp3) is 0.0571. The normalized spacial score (nSPS) is 12.9. The predicted molar refractivity (Wildman–Crippen MR) is 197 cm³/mol. The maximum absolute atomic E-state index is 12.0. The molecule has 12 nitrogen and oxygen atoms in total. The first kappa shape index (κ1) is 40.6. The molecule has 0 fully saturated rings. The van der Waals surface area contributed by atoms with Crippen LogP contribution in [0.1, 0.15) is 16.7 Å². The van der Waals surface area contributed by atoms with E-state index in [0.717, 1.165) is 53.5 Å². The topological polar surface area (TPSA) is 188 Å². The molecule has 0 saturated heterocycles. The van der Waals surface area contributed by atoms with Crippen molar-refractivity contribution in [3.8, 4) is 21.1 Å². The third-order valence-corrected chi connectivity index (χ3v) is 13.9. The molecule has 0 spiro atoms. The van der Waals surface area contributed by atoms with Crippen molar-refractivity contribution in [1.82, 2.24) is 9.97 Å². The largest absolute Gasteiger partial charge is 1.00 e. The fourth-order valence-electron chi connectivity index (χ4n) is 5.76. The number of thiazole rings is 2. The zero-order valence-electron chi connectivity index (χ0n) is 28.8. The molecule has 0 bridgehead atoms. The van der Waals surface area contributed by atoms with Crippen LogP contribution in [-0.2, 0) is 20.2 Å². The van der Waals surface area contributed by atoms with Crippen molar-refractivity contribution < 1.29 is 95.1 Å². The number of rotatable bonds is 7. The third-order valence-electron chi connectivity index (χ3n) is 8.22. The molecule has 0 saturated carbocycles. The van der Waals surface area contributed by atoms with Crippen LogP contribution < -0.4 is 64.5 Å². The molecule has 19 heteroatoms. The molecule has 1 aliphatic rings. The predicted octanol–water partition coefficient (Wildman–Crippen LogP) is 1.29. The van der Waals surface area contributed by atoms with Crippen LogP contribution >= 0.6 is 33.6 Å². The summed E-state index contributed by atoms with van der Waals surface area (Å²) in [5.74, 6) is 0. The van der Waals surface area contributed by atoms with Gasteiger partial charge in [-0.05, 0) is 91.7 Å². The van der Waals surface area contributed by atoms with Crippen LogP contribution in [0.2, 0.25) is 0 Å². The van der Waals surface area contributed by atoms with E-state index in [0.29, 0.717) is 58.1 Å². The van der Waals surface area contributed by atoms with Crippen LogP contribution in [0.4, 0.5) is 11.4 Å². The van der Waals surface area contributed by atoms with Gasteiger partial charge in [0.15, 0.2) is 0 Å². The second-order valence-corrected chi connectivity index (χ2v) is 17.4. The standard InChI is InChI=1S/C35H23N5O7S5.2Na/c1-18-3-14-26-29(31(18)51(42,43)44)49-34(37-26)20-5-10-23(11-6-20)39-40(41)24-12-7-21(8-13-24)33-36-25-16-9-22(17-28(25)48-33)35-38-27-15-4-19(2)32(30(27)50-35)52(45,46)47;;/h3-17H,1-2H3,(H2-,39,41,42,43,44,45,46,47);;/q;2*+1/p-1. The quantitative estimate of drug-likeness (QED) is 0.0617. The van der Waals surface area contributed by atoms with Crippen molar-refractivity contribution >= 4 is 90.6 Å². The molecule has 54 heavy (non-hydrogen) atoms. The average Bonchev–Trinajstić information content (AvgIpc) is 3.84. The number of aryl methyl sites for hydroxylation is 2. The molecule has 0 atom stereocenters. The molecule has 0 amide bonds. The summed E-state index contributed by atoms with van der Waals surface area (Å²) in [6.07, 6.45) is 0. The summed E-state index contributed by atoms with van der Waals surface area (Å²) in [6.45, 7) is 3.17. The Morgan fingerprint density at radius 1 is 0.685 bits per heavy atom. The van der Waals surface area contributed by atoms with Gasteiger partial charge in [0, 0.05) is 28.8 Å². The number of nitrogens with zero attached hydrogens (tertiary/aromatic N) is 5. The molecule has 2 aromatic heterocycles. The van der Waals surface area contributed by atoms with Crippen LogP contribution in [0.5, 0.6) is 0 Å². The molecule has 0 unspecified atom stereocenters. The van der Waals surface area contributed by atoms with E-state index in [1.807, 2.05) is 30.3 Å². The molecular formula is C35H22N5Na2O7S5+. The molecule has 8 rings (SSSR count). The van der Waals surface area contributed by atoms with Crippen molar-refractivity contribution in [1.29, 1.82) is 0 Å². The SMILES string of the molecule is Cc1ccc2c(c1S(=O)(=O)[O-])=S=C(c1ccc(N=[N+](O)c3ccc(-c4nc5ccc(-c6nc7ccc(C)c(S(=O)(=O)[O-])c7s6)cc5s4)cc3)cc1)N=2.[Na+].[Na+]. The number of fused-ring (bicyclic) bond motifs is 3. The van der Waals surface area contributed by atoms with Crippen LogP contribution in [-0.4, -0.2) is 51.0 Å². The Bertz CT molecular complexity index is 3090. The number of azo groups is 1. The molecule has 7 aromatic rings. The molecule has 260 valence electrons. The number of hydrogen-bond acceptors (Lipinski definition) is 12. The van der Waals surface area contributed by atoms with Crippen molar-refractivity contribution in [2.75, 3.05) is 0 Å². The molecular weight excluding hydrogens is 809 g/mol. The second-order valence-electron chi connectivity index (χ2n) is 11.8. The zero-order valence-corrected chi connectivity index (χ0v) is 36.9. The van der Waals surface area contributed by atoms with Crippen molar-refractivity contribution in [3.05, 3.63) is 118 Å². The second kappa shape index (κ2) is 15.5. The zero-order chi connectivity index (χ0) is 36.5. The first-order valence-electron chi connectivity index (χ1n) is 15.3. The van der Waals surface area contributed by atoms with Gasteiger partial charge in [-0.25, -0.2) is 31.8 Å². The van der Waals surface area contributed by atoms with Gasteiger partial charge in [-0.15, -0.1) is 33.6 Å². The van der Waals surface area contributed by atoms with Crippen LogP contribution in [0.3, 0.4) is 0 Å². The van der Waals surface area contributed by atoms with Crippen molar-refractivity contribution in [3.63, 3.8) is 0 Å². The Balaban J connectivity index is 0.00000249. The van der Waals surface area contributed by atoms with Gasteiger partial charge < -0.3 is 9.11 Å². The van der Waals surface area contributed by atoms with E-state index in [-0.39, 0.29) is 68.9 Å². The monoisotopic (exact) mass is 830 g/mol. The maximum Gasteiger partial charge on any atom is 1.00 e. The van der Waals surface area contributed by atoms with E-state index >= 15 is 0 Å². The fourth-order valence-corrected chi connectivity index (χ4v) is 11.3. The Hall–Kier alpha value is -3.01. The minimum absolute atomic E-state index is 0. The molecule has 1 aliphatic heterocycles. The van der Waals surface area contributed by atoms with E-state index < -0.39 is 20.2 Å². The van der Waals surface area contributed by atoms with Gasteiger partial charge in [0.1, 0.15) is 45.8 Å². The molecule has 0 aliphatic carbocycles. The van der Waals surface area contributed by atoms with Gasteiger partial charge in [-0.2, -0.15) is 0 Å².